The predicted octanol–water partition coefficient (Wildman–Crippen LogP) is 2.40. The van der Waals surface area contributed by atoms with Crippen LogP contribution in [0.4, 0.5) is 0 Å². The van der Waals surface area contributed by atoms with Crippen LogP contribution in [-0.4, -0.2) is 11.0 Å². The van der Waals surface area contributed by atoms with Crippen molar-refractivity contribution in [2.24, 2.45) is 0 Å². The number of benzene rings is 2. The van der Waals surface area contributed by atoms with Gasteiger partial charge in [0, 0.05) is 0 Å². The molecule has 0 aromatic heterocycles. The summed E-state index contributed by atoms with van der Waals surface area (Å²) < 4.78 is 0. The minimum atomic E-state index is 0. The number of terminal acetylenes is 2. The second-order valence-corrected chi connectivity index (χ2v) is 2.73. The fourth-order valence-electron chi connectivity index (χ4n) is 1.26. The van der Waals surface area contributed by atoms with Gasteiger partial charge < -0.3 is 0 Å². The fraction of sp³-hybridized carbons (Fsp3) is 0. The van der Waals surface area contributed by atoms with Crippen LogP contribution < -0.4 is 0 Å². The van der Waals surface area contributed by atoms with E-state index in [4.69, 9.17) is 0 Å². The van der Waals surface area contributed by atoms with Gasteiger partial charge in [0.2, 0.25) is 0 Å². The molecule has 0 saturated heterocycles. The summed E-state index contributed by atoms with van der Waals surface area (Å²) in [7, 11) is 0. The zero-order valence-electron chi connectivity index (χ0n) is 9.08. The average molecular weight is 238 g/mol. The van der Waals surface area contributed by atoms with Crippen LogP contribution in [0.15, 0.2) is 60.7 Å². The maximum atomic E-state index is 4.00. The van der Waals surface area contributed by atoms with Crippen LogP contribution >= 0.6 is 0 Å². The van der Waals surface area contributed by atoms with E-state index < -0.39 is 0 Å². The van der Waals surface area contributed by atoms with Crippen molar-refractivity contribution < 1.29 is 0 Å². The first-order valence-corrected chi connectivity index (χ1v) is 4.74. The number of hydrogen-bond acceptors (Lipinski definition) is 0. The minimum Gasteiger partial charge on any atom is -0.124 e. The summed E-state index contributed by atoms with van der Waals surface area (Å²) in [5, 5.41) is 0. The molecule has 0 aliphatic heterocycles. The maximum Gasteiger partial charge on any atom is -0.0149 e. The molecule has 0 nitrogen and oxygen atoms in total. The first-order chi connectivity index (χ1) is 7.97. The molecule has 86 valence electrons. The third kappa shape index (κ3) is 6.05. The van der Waals surface area contributed by atoms with Crippen LogP contribution in [0.1, 0.15) is 0 Å². The van der Waals surface area contributed by atoms with E-state index in [0.717, 1.165) is 0 Å². The van der Waals surface area contributed by atoms with Crippen molar-refractivity contribution in [2.45, 2.75) is 0 Å². The summed E-state index contributed by atoms with van der Waals surface area (Å²) >= 11 is 0. The van der Waals surface area contributed by atoms with Gasteiger partial charge in [-0.3, -0.25) is 0 Å². The summed E-state index contributed by atoms with van der Waals surface area (Å²) in [5.41, 5.74) is 2.55. The van der Waals surface area contributed by atoms with E-state index in [0.29, 0.717) is 0 Å². The van der Waals surface area contributed by atoms with Crippen molar-refractivity contribution in [1.29, 1.82) is 0 Å². The third-order valence-corrected chi connectivity index (χ3v) is 1.88. The zero-order chi connectivity index (χ0) is 12.2. The van der Waals surface area contributed by atoms with Crippen LogP contribution in [0.25, 0.3) is 11.1 Å². The average Bonchev–Trinajstić information content (AvgIpc) is 2.45. The van der Waals surface area contributed by atoms with Gasteiger partial charge in [-0.1, -0.05) is 60.7 Å². The van der Waals surface area contributed by atoms with Gasteiger partial charge >= 0.3 is 0 Å². The van der Waals surface area contributed by atoms with Gasteiger partial charge in [0.25, 0.3) is 0 Å². The first-order valence-electron chi connectivity index (χ1n) is 4.74. The Hall–Kier alpha value is -2.22. The van der Waals surface area contributed by atoms with E-state index in [9.17, 15) is 0 Å². The molecule has 2 aromatic carbocycles. The van der Waals surface area contributed by atoms with Gasteiger partial charge in [-0.25, -0.2) is 0 Å². The Morgan fingerprint density at radius 1 is 0.471 bits per heavy atom. The van der Waals surface area contributed by atoms with E-state index in [2.05, 4.69) is 74.2 Å². The van der Waals surface area contributed by atoms with Gasteiger partial charge in [0.15, 0.2) is 0 Å². The molecule has 0 bridgehead atoms. The second kappa shape index (κ2) is 11.8. The monoisotopic (exact) mass is 238 g/mol. The molecule has 17 heavy (non-hydrogen) atoms. The lowest BCUT2D eigenvalue weighted by atomic mass is 10.1. The van der Waals surface area contributed by atoms with E-state index in [1.807, 2.05) is 12.1 Å². The molecule has 0 atom stereocenters. The lowest BCUT2D eigenvalue weighted by Crippen LogP contribution is -1.73. The van der Waals surface area contributed by atoms with Crippen LogP contribution in [0.3, 0.4) is 0 Å². The molecule has 0 unspecified atom stereocenters. The highest BCUT2D eigenvalue weighted by atomic mass is 28.1. The largest absolute Gasteiger partial charge is 0.124 e. The molecular formula is C16H18Si. The molecule has 0 aliphatic rings. The zero-order valence-corrected chi connectivity index (χ0v) is 9.08. The Morgan fingerprint density at radius 3 is 0.941 bits per heavy atom. The molecule has 0 fully saturated rings. The SMILES string of the molecule is C#C.C#C.[SiH4].c1ccc(-c2ccccc2)cc1. The lowest BCUT2D eigenvalue weighted by molar-refractivity contribution is 1.62. The molecule has 0 N–H and O–H groups in total. The molecule has 0 amide bonds. The van der Waals surface area contributed by atoms with Gasteiger partial charge in [-0.2, -0.15) is 0 Å². The number of hydrogen-bond donors (Lipinski definition) is 0. The van der Waals surface area contributed by atoms with Crippen molar-refractivity contribution >= 4 is 11.0 Å². The third-order valence-electron chi connectivity index (χ3n) is 1.88. The Morgan fingerprint density at radius 2 is 0.706 bits per heavy atom. The van der Waals surface area contributed by atoms with Crippen LogP contribution in [0, 0.1) is 25.7 Å². The predicted molar refractivity (Wildman–Crippen MR) is 83.0 cm³/mol. The lowest BCUT2D eigenvalue weighted by Gasteiger charge is -1.98. The Balaban J connectivity index is 0. The molecule has 0 heterocycles. The highest BCUT2D eigenvalue weighted by molar-refractivity contribution is 5.75. The van der Waals surface area contributed by atoms with Gasteiger partial charge in [0.05, 0.1) is 0 Å². The summed E-state index contributed by atoms with van der Waals surface area (Å²) in [6, 6.07) is 20.8. The molecule has 2 rings (SSSR count). The van der Waals surface area contributed by atoms with Crippen LogP contribution in [-0.2, 0) is 0 Å². The van der Waals surface area contributed by atoms with Gasteiger partial charge in [-0.05, 0) is 22.1 Å². The summed E-state index contributed by atoms with van der Waals surface area (Å²) in [6.07, 6.45) is 16.0. The number of rotatable bonds is 1. The van der Waals surface area contributed by atoms with E-state index in [1.54, 1.807) is 0 Å². The quantitative estimate of drug-likeness (QED) is 0.529. The van der Waals surface area contributed by atoms with Crippen molar-refractivity contribution in [1.82, 2.24) is 0 Å². The molecule has 2 aromatic rings. The van der Waals surface area contributed by atoms with Crippen molar-refractivity contribution in [3.05, 3.63) is 60.7 Å². The molecule has 0 spiro atoms. The topological polar surface area (TPSA) is 0 Å². The summed E-state index contributed by atoms with van der Waals surface area (Å²) in [5.74, 6) is 0. The van der Waals surface area contributed by atoms with Crippen molar-refractivity contribution in [3.8, 4) is 36.8 Å². The van der Waals surface area contributed by atoms with E-state index in [1.165, 1.54) is 11.1 Å². The second-order valence-electron chi connectivity index (χ2n) is 2.73. The summed E-state index contributed by atoms with van der Waals surface area (Å²) in [6.45, 7) is 0. The van der Waals surface area contributed by atoms with Crippen molar-refractivity contribution in [2.75, 3.05) is 0 Å². The molecule has 0 radical (unpaired) electrons. The summed E-state index contributed by atoms with van der Waals surface area (Å²) in [4.78, 5) is 0. The van der Waals surface area contributed by atoms with Crippen LogP contribution in [0.5, 0.6) is 0 Å². The molecule has 0 aliphatic carbocycles. The van der Waals surface area contributed by atoms with Gasteiger partial charge in [0.1, 0.15) is 0 Å². The Kier molecular flexibility index (Phi) is 12.0. The maximum absolute atomic E-state index is 4.00. The molecule has 0 saturated carbocycles. The Labute approximate surface area is 109 Å². The normalized spacial score (nSPS) is 7.06. The molecule has 1 heteroatoms. The van der Waals surface area contributed by atoms with E-state index in [-0.39, 0.29) is 11.0 Å². The first kappa shape index (κ1) is 17.2. The van der Waals surface area contributed by atoms with Crippen LogP contribution in [0.2, 0.25) is 0 Å². The Bertz CT molecular complexity index is 369. The van der Waals surface area contributed by atoms with Crippen molar-refractivity contribution in [3.63, 3.8) is 0 Å². The smallest absolute Gasteiger partial charge is 0.0149 e. The standard InChI is InChI=1S/C12H10.2C2H2.H4Si/c1-3-7-11(8-4-1)12-9-5-2-6-10-12;2*1-2;/h1-10H;2*1-2H;1H4. The van der Waals surface area contributed by atoms with Gasteiger partial charge in [-0.15, -0.1) is 25.7 Å². The minimum absolute atomic E-state index is 0. The highest BCUT2D eigenvalue weighted by Gasteiger charge is 1.91. The van der Waals surface area contributed by atoms with E-state index >= 15 is 0 Å². The highest BCUT2D eigenvalue weighted by Crippen LogP contribution is 2.17. The molecular weight excluding hydrogens is 220 g/mol. The fourth-order valence-corrected chi connectivity index (χ4v) is 1.26.